The molecule has 100 valence electrons. The molecule has 3 nitrogen and oxygen atoms in total. The number of hydrogen-bond donors (Lipinski definition) is 1. The fourth-order valence-corrected chi connectivity index (χ4v) is 2.92. The number of para-hydroxylation sites is 2. The van der Waals surface area contributed by atoms with E-state index in [1.807, 2.05) is 18.2 Å². The summed E-state index contributed by atoms with van der Waals surface area (Å²) >= 11 is 0. The van der Waals surface area contributed by atoms with E-state index in [1.165, 1.54) is 23.9 Å². The second-order valence-corrected chi connectivity index (χ2v) is 5.56. The van der Waals surface area contributed by atoms with Crippen LogP contribution in [0.2, 0.25) is 0 Å². The normalized spacial score (nSPS) is 14.8. The van der Waals surface area contributed by atoms with Gasteiger partial charge in [-0.05, 0) is 43.5 Å². The van der Waals surface area contributed by atoms with E-state index in [4.69, 9.17) is 10.7 Å². The van der Waals surface area contributed by atoms with E-state index >= 15 is 0 Å². The molecule has 0 atom stereocenters. The molecule has 0 spiro atoms. The summed E-state index contributed by atoms with van der Waals surface area (Å²) in [5.74, 6) is 1.02. The summed E-state index contributed by atoms with van der Waals surface area (Å²) in [6.07, 6.45) is 2.47. The molecule has 1 fully saturated rings. The van der Waals surface area contributed by atoms with Gasteiger partial charge in [-0.1, -0.05) is 24.3 Å². The molecule has 1 aromatic heterocycles. The Morgan fingerprint density at radius 2 is 1.90 bits per heavy atom. The fraction of sp³-hybridized carbons (Fsp3) is 0.235. The molecule has 1 aliphatic carbocycles. The number of nitrogens with zero attached hydrogens (tertiary/aromatic N) is 2. The highest BCUT2D eigenvalue weighted by atomic mass is 15.1. The summed E-state index contributed by atoms with van der Waals surface area (Å²) in [5.41, 5.74) is 11.5. The third-order valence-electron chi connectivity index (χ3n) is 4.04. The number of nitrogens with two attached hydrogens (primary N) is 1. The van der Waals surface area contributed by atoms with Crippen molar-refractivity contribution in [2.45, 2.75) is 25.8 Å². The molecule has 1 saturated carbocycles. The predicted octanol–water partition coefficient (Wildman–Crippen LogP) is 3.93. The van der Waals surface area contributed by atoms with Gasteiger partial charge in [0.25, 0.3) is 0 Å². The van der Waals surface area contributed by atoms with Gasteiger partial charge in [-0.25, -0.2) is 4.98 Å². The van der Waals surface area contributed by atoms with Crippen molar-refractivity contribution in [3.05, 3.63) is 48.0 Å². The largest absolute Gasteiger partial charge is 0.398 e. The summed E-state index contributed by atoms with van der Waals surface area (Å²) in [4.78, 5) is 4.85. The zero-order valence-corrected chi connectivity index (χ0v) is 11.5. The summed E-state index contributed by atoms with van der Waals surface area (Å²) in [7, 11) is 0. The van der Waals surface area contributed by atoms with E-state index in [0.29, 0.717) is 6.04 Å². The topological polar surface area (TPSA) is 43.8 Å². The zero-order chi connectivity index (χ0) is 13.7. The van der Waals surface area contributed by atoms with E-state index in [2.05, 4.69) is 35.8 Å². The molecule has 0 aliphatic heterocycles. The Balaban J connectivity index is 2.07. The van der Waals surface area contributed by atoms with Crippen LogP contribution in [0.15, 0.2) is 42.5 Å². The standard InChI is InChI=1S/C17H17N3/c1-11-5-4-6-13(18)16(11)17-19-14-7-2-3-8-15(14)20(17)12-9-10-12/h2-8,12H,9-10,18H2,1H3. The smallest absolute Gasteiger partial charge is 0.143 e. The van der Waals surface area contributed by atoms with E-state index in [0.717, 1.165) is 22.6 Å². The van der Waals surface area contributed by atoms with Gasteiger partial charge in [-0.2, -0.15) is 0 Å². The van der Waals surface area contributed by atoms with Gasteiger partial charge >= 0.3 is 0 Å². The first-order valence-electron chi connectivity index (χ1n) is 7.08. The highest BCUT2D eigenvalue weighted by Crippen LogP contribution is 2.42. The van der Waals surface area contributed by atoms with Crippen LogP contribution < -0.4 is 5.73 Å². The third-order valence-corrected chi connectivity index (χ3v) is 4.04. The van der Waals surface area contributed by atoms with Crippen molar-refractivity contribution < 1.29 is 0 Å². The van der Waals surface area contributed by atoms with Crippen molar-refractivity contribution in [3.63, 3.8) is 0 Å². The van der Waals surface area contributed by atoms with E-state index < -0.39 is 0 Å². The molecule has 4 rings (SSSR count). The van der Waals surface area contributed by atoms with Crippen molar-refractivity contribution in [1.82, 2.24) is 9.55 Å². The molecule has 3 heteroatoms. The summed E-state index contributed by atoms with van der Waals surface area (Å²) in [6, 6.07) is 15.0. The molecule has 0 radical (unpaired) electrons. The molecule has 3 aromatic rings. The van der Waals surface area contributed by atoms with E-state index in [9.17, 15) is 0 Å². The number of anilines is 1. The average molecular weight is 263 g/mol. The van der Waals surface area contributed by atoms with E-state index in [1.54, 1.807) is 0 Å². The Morgan fingerprint density at radius 1 is 1.10 bits per heavy atom. The highest BCUT2D eigenvalue weighted by molar-refractivity contribution is 5.85. The minimum Gasteiger partial charge on any atom is -0.398 e. The Bertz CT molecular complexity index is 777. The van der Waals surface area contributed by atoms with Crippen molar-refractivity contribution in [2.75, 3.05) is 5.73 Å². The van der Waals surface area contributed by atoms with Gasteiger partial charge in [0.05, 0.1) is 11.0 Å². The van der Waals surface area contributed by atoms with Crippen molar-refractivity contribution >= 4 is 16.7 Å². The summed E-state index contributed by atoms with van der Waals surface area (Å²) < 4.78 is 2.37. The lowest BCUT2D eigenvalue weighted by Gasteiger charge is -2.12. The molecule has 0 amide bonds. The first-order valence-corrected chi connectivity index (χ1v) is 7.08. The van der Waals surface area contributed by atoms with Gasteiger partial charge in [-0.15, -0.1) is 0 Å². The minimum absolute atomic E-state index is 0.580. The minimum atomic E-state index is 0.580. The van der Waals surface area contributed by atoms with Crippen LogP contribution in [0.4, 0.5) is 5.69 Å². The maximum atomic E-state index is 6.21. The summed E-state index contributed by atoms with van der Waals surface area (Å²) in [6.45, 7) is 2.10. The first kappa shape index (κ1) is 11.5. The third kappa shape index (κ3) is 1.63. The predicted molar refractivity (Wildman–Crippen MR) is 82.6 cm³/mol. The van der Waals surface area contributed by atoms with Gasteiger partial charge in [0.15, 0.2) is 0 Å². The number of benzene rings is 2. The lowest BCUT2D eigenvalue weighted by Crippen LogP contribution is -2.01. The number of imidazole rings is 1. The first-order chi connectivity index (χ1) is 9.75. The van der Waals surface area contributed by atoms with Crippen LogP contribution in [0.1, 0.15) is 24.4 Å². The monoisotopic (exact) mass is 263 g/mol. The second-order valence-electron chi connectivity index (χ2n) is 5.56. The molecule has 0 bridgehead atoms. The summed E-state index contributed by atoms with van der Waals surface area (Å²) in [5, 5.41) is 0. The maximum Gasteiger partial charge on any atom is 0.143 e. The van der Waals surface area contributed by atoms with Crippen LogP contribution in [0.25, 0.3) is 22.4 Å². The van der Waals surface area contributed by atoms with Gasteiger partial charge in [-0.3, -0.25) is 0 Å². The van der Waals surface area contributed by atoms with Gasteiger partial charge in [0.1, 0.15) is 5.82 Å². The van der Waals surface area contributed by atoms with E-state index in [-0.39, 0.29) is 0 Å². The van der Waals surface area contributed by atoms with Crippen LogP contribution in [-0.2, 0) is 0 Å². The maximum absolute atomic E-state index is 6.21. The number of hydrogen-bond acceptors (Lipinski definition) is 2. The van der Waals surface area contributed by atoms with Crippen LogP contribution in [-0.4, -0.2) is 9.55 Å². The van der Waals surface area contributed by atoms with Crippen LogP contribution in [0.5, 0.6) is 0 Å². The van der Waals surface area contributed by atoms with Crippen LogP contribution in [0.3, 0.4) is 0 Å². The molecule has 1 heterocycles. The number of aryl methyl sites for hydroxylation is 1. The second kappa shape index (κ2) is 4.10. The molecule has 0 saturated heterocycles. The highest BCUT2D eigenvalue weighted by Gasteiger charge is 2.29. The molecular weight excluding hydrogens is 246 g/mol. The number of fused-ring (bicyclic) bond motifs is 1. The SMILES string of the molecule is Cc1cccc(N)c1-c1nc2ccccc2n1C1CC1. The van der Waals surface area contributed by atoms with Crippen LogP contribution in [0, 0.1) is 6.92 Å². The number of aromatic nitrogens is 2. The Morgan fingerprint density at radius 3 is 2.65 bits per heavy atom. The zero-order valence-electron chi connectivity index (χ0n) is 11.5. The van der Waals surface area contributed by atoms with Crippen molar-refractivity contribution in [1.29, 1.82) is 0 Å². The van der Waals surface area contributed by atoms with Gasteiger partial charge < -0.3 is 10.3 Å². The molecule has 1 aliphatic rings. The number of rotatable bonds is 2. The Kier molecular flexibility index (Phi) is 2.36. The Hall–Kier alpha value is -2.29. The van der Waals surface area contributed by atoms with Gasteiger partial charge in [0, 0.05) is 17.3 Å². The molecule has 2 aromatic carbocycles. The lowest BCUT2D eigenvalue weighted by atomic mass is 10.1. The lowest BCUT2D eigenvalue weighted by molar-refractivity contribution is 0.775. The van der Waals surface area contributed by atoms with Crippen molar-refractivity contribution in [3.8, 4) is 11.4 Å². The molecule has 0 unspecified atom stereocenters. The molecule has 20 heavy (non-hydrogen) atoms. The van der Waals surface area contributed by atoms with Crippen LogP contribution >= 0.6 is 0 Å². The molecule has 2 N–H and O–H groups in total. The van der Waals surface area contributed by atoms with Gasteiger partial charge in [0.2, 0.25) is 0 Å². The van der Waals surface area contributed by atoms with Crippen molar-refractivity contribution in [2.24, 2.45) is 0 Å². The molecular formula is C17H17N3. The number of nitrogen functional groups attached to an aromatic ring is 1. The quantitative estimate of drug-likeness (QED) is 0.712. The fourth-order valence-electron chi connectivity index (χ4n) is 2.92. The Labute approximate surface area is 118 Å². The average Bonchev–Trinajstić information content (AvgIpc) is 3.19.